The molecule has 0 aliphatic carbocycles. The summed E-state index contributed by atoms with van der Waals surface area (Å²) in [6.45, 7) is 0.513. The molecule has 9 heteroatoms. The van der Waals surface area contributed by atoms with Crippen LogP contribution in [-0.2, 0) is 22.6 Å². The lowest BCUT2D eigenvalue weighted by Crippen LogP contribution is -2.47. The van der Waals surface area contributed by atoms with Gasteiger partial charge in [-0.25, -0.2) is 4.79 Å². The number of nitrogens with zero attached hydrogens (tertiary/aromatic N) is 1. The number of aromatic nitrogens is 1. The first kappa shape index (κ1) is 22.3. The monoisotopic (exact) mass is 441 g/mol. The van der Waals surface area contributed by atoms with Crippen molar-refractivity contribution >= 4 is 40.3 Å². The number of carbonyl (C=O) groups is 3. The minimum atomic E-state index is -0.777. The Morgan fingerprint density at radius 3 is 2.58 bits per heavy atom. The first-order chi connectivity index (χ1) is 14.9. The highest BCUT2D eigenvalue weighted by Crippen LogP contribution is 2.21. The molecule has 162 valence electrons. The summed E-state index contributed by atoms with van der Waals surface area (Å²) < 4.78 is 1.30. The van der Waals surface area contributed by atoms with Crippen LogP contribution in [0.3, 0.4) is 0 Å². The summed E-state index contributed by atoms with van der Waals surface area (Å²) in [6.07, 6.45) is 1.82. The number of fused-ring (bicyclic) bond motifs is 1. The van der Waals surface area contributed by atoms with Gasteiger partial charge in [0.05, 0.1) is 11.9 Å². The molecular weight excluding hydrogens is 418 g/mol. The van der Waals surface area contributed by atoms with Gasteiger partial charge in [0.15, 0.2) is 0 Å². The molecule has 8 nitrogen and oxygen atoms in total. The molecule has 3 amide bonds. The molecule has 0 fully saturated rings. The van der Waals surface area contributed by atoms with Gasteiger partial charge in [0.25, 0.3) is 0 Å². The van der Waals surface area contributed by atoms with Crippen molar-refractivity contribution in [3.63, 3.8) is 0 Å². The van der Waals surface area contributed by atoms with E-state index in [9.17, 15) is 14.4 Å². The van der Waals surface area contributed by atoms with E-state index in [0.717, 1.165) is 10.9 Å². The Morgan fingerprint density at radius 2 is 1.87 bits per heavy atom. The zero-order chi connectivity index (χ0) is 22.4. The lowest BCUT2D eigenvalue weighted by atomic mass is 10.1. The van der Waals surface area contributed by atoms with Gasteiger partial charge in [-0.3, -0.25) is 14.2 Å². The number of carbonyl (C=O) groups excluding carboxylic acids is 3. The lowest BCUT2D eigenvalue weighted by Gasteiger charge is -2.18. The molecule has 31 heavy (non-hydrogen) atoms. The highest BCUT2D eigenvalue weighted by molar-refractivity contribution is 6.30. The number of amides is 3. The Kier molecular flexibility index (Phi) is 7.28. The van der Waals surface area contributed by atoms with Crippen molar-refractivity contribution in [2.24, 2.45) is 11.5 Å². The van der Waals surface area contributed by atoms with Crippen LogP contribution in [0.25, 0.3) is 10.9 Å². The maximum atomic E-state index is 12.7. The number of hydrogen-bond donors (Lipinski definition) is 4. The molecule has 3 rings (SSSR count). The highest BCUT2D eigenvalue weighted by Gasteiger charge is 2.21. The Bertz CT molecular complexity index is 1110. The lowest BCUT2D eigenvalue weighted by molar-refractivity contribution is -0.128. The normalized spacial score (nSPS) is 11.8. The third-order valence-electron chi connectivity index (χ3n) is 4.85. The number of primary amides is 1. The van der Waals surface area contributed by atoms with Crippen molar-refractivity contribution in [3.8, 4) is 0 Å². The number of nitrogens with two attached hydrogens (primary N) is 2. The van der Waals surface area contributed by atoms with Crippen LogP contribution in [0.4, 0.5) is 4.79 Å². The van der Waals surface area contributed by atoms with E-state index in [-0.39, 0.29) is 37.7 Å². The second kappa shape index (κ2) is 10.1. The summed E-state index contributed by atoms with van der Waals surface area (Å²) in [5.74, 6) is -0.693. The molecule has 1 aromatic heterocycles. The van der Waals surface area contributed by atoms with E-state index >= 15 is 0 Å². The van der Waals surface area contributed by atoms with E-state index in [0.29, 0.717) is 16.1 Å². The van der Waals surface area contributed by atoms with Crippen LogP contribution >= 0.6 is 11.6 Å². The van der Waals surface area contributed by atoms with Crippen molar-refractivity contribution in [2.75, 3.05) is 6.54 Å². The fourth-order valence-electron chi connectivity index (χ4n) is 3.39. The van der Waals surface area contributed by atoms with Crippen molar-refractivity contribution in [1.82, 2.24) is 15.2 Å². The second-order valence-electron chi connectivity index (χ2n) is 7.10. The SMILES string of the molecule is NCCC(NC(=O)Cc1cn(C(N)=O)c2ccccc12)C(=O)NCc1cccc(Cl)c1. The van der Waals surface area contributed by atoms with E-state index in [2.05, 4.69) is 10.6 Å². The van der Waals surface area contributed by atoms with E-state index in [1.807, 2.05) is 18.2 Å². The van der Waals surface area contributed by atoms with E-state index < -0.39 is 12.1 Å². The van der Waals surface area contributed by atoms with Crippen LogP contribution in [-0.4, -0.2) is 35.0 Å². The first-order valence-electron chi connectivity index (χ1n) is 9.79. The van der Waals surface area contributed by atoms with Crippen LogP contribution in [0.2, 0.25) is 5.02 Å². The summed E-state index contributed by atoms with van der Waals surface area (Å²) in [5, 5.41) is 6.86. The van der Waals surface area contributed by atoms with Crippen molar-refractivity contribution < 1.29 is 14.4 Å². The molecule has 0 radical (unpaired) electrons. The summed E-state index contributed by atoms with van der Waals surface area (Å²) in [6, 6.07) is 12.9. The van der Waals surface area contributed by atoms with E-state index in [1.54, 1.807) is 36.5 Å². The average molecular weight is 442 g/mol. The summed E-state index contributed by atoms with van der Waals surface area (Å²) >= 11 is 5.96. The molecule has 0 aliphatic rings. The standard InChI is InChI=1S/C22H24ClN5O3/c23-16-5-3-4-14(10-16)12-26-21(30)18(8-9-24)27-20(29)11-15-13-28(22(25)31)19-7-2-1-6-17(15)19/h1-7,10,13,18H,8-9,11-12,24H2,(H2,25,31)(H,26,30)(H,27,29). The smallest absolute Gasteiger partial charge is 0.323 e. The predicted octanol–water partition coefficient (Wildman–Crippen LogP) is 1.91. The fourth-order valence-corrected chi connectivity index (χ4v) is 3.60. The van der Waals surface area contributed by atoms with Gasteiger partial charge in [0, 0.05) is 23.2 Å². The molecule has 1 atom stereocenters. The average Bonchev–Trinajstić information content (AvgIpc) is 3.10. The molecule has 2 aromatic carbocycles. The largest absolute Gasteiger partial charge is 0.351 e. The van der Waals surface area contributed by atoms with E-state index in [4.69, 9.17) is 23.1 Å². The Balaban J connectivity index is 1.67. The van der Waals surface area contributed by atoms with Gasteiger partial charge in [-0.2, -0.15) is 0 Å². The molecule has 0 spiro atoms. The van der Waals surface area contributed by atoms with Crippen LogP contribution in [0.15, 0.2) is 54.7 Å². The Morgan fingerprint density at radius 1 is 1.10 bits per heavy atom. The van der Waals surface area contributed by atoms with Crippen molar-refractivity contribution in [3.05, 3.63) is 70.9 Å². The molecule has 0 aliphatic heterocycles. The third kappa shape index (κ3) is 5.62. The Hall–Kier alpha value is -3.36. The molecule has 0 bridgehead atoms. The minimum absolute atomic E-state index is 0.0105. The molecule has 0 saturated carbocycles. The fraction of sp³-hybridized carbons (Fsp3) is 0.227. The number of halogens is 1. The van der Waals surface area contributed by atoms with Gasteiger partial charge in [0.2, 0.25) is 11.8 Å². The van der Waals surface area contributed by atoms with Crippen LogP contribution < -0.4 is 22.1 Å². The quantitative estimate of drug-likeness (QED) is 0.425. The van der Waals surface area contributed by atoms with Gasteiger partial charge >= 0.3 is 6.03 Å². The van der Waals surface area contributed by atoms with Crippen LogP contribution in [0.1, 0.15) is 17.5 Å². The zero-order valence-corrected chi connectivity index (χ0v) is 17.6. The molecule has 1 heterocycles. The van der Waals surface area contributed by atoms with Gasteiger partial charge in [-0.05, 0) is 42.3 Å². The van der Waals surface area contributed by atoms with E-state index in [1.165, 1.54) is 4.57 Å². The number of nitrogens with one attached hydrogen (secondary N) is 2. The first-order valence-corrected chi connectivity index (χ1v) is 10.2. The van der Waals surface area contributed by atoms with Gasteiger partial charge < -0.3 is 22.1 Å². The molecular formula is C22H24ClN5O3. The van der Waals surface area contributed by atoms with Crippen LogP contribution in [0.5, 0.6) is 0 Å². The molecule has 1 unspecified atom stereocenters. The number of rotatable bonds is 8. The maximum absolute atomic E-state index is 12.7. The molecule has 3 aromatic rings. The van der Waals surface area contributed by atoms with Gasteiger partial charge in [0.1, 0.15) is 6.04 Å². The molecule has 0 saturated heterocycles. The number of hydrogen-bond acceptors (Lipinski definition) is 4. The third-order valence-corrected chi connectivity index (χ3v) is 5.08. The predicted molar refractivity (Wildman–Crippen MR) is 120 cm³/mol. The summed E-state index contributed by atoms with van der Waals surface area (Å²) in [5.41, 5.74) is 13.2. The molecule has 6 N–H and O–H groups in total. The highest BCUT2D eigenvalue weighted by atomic mass is 35.5. The zero-order valence-electron chi connectivity index (χ0n) is 16.8. The van der Waals surface area contributed by atoms with Gasteiger partial charge in [-0.15, -0.1) is 0 Å². The minimum Gasteiger partial charge on any atom is -0.351 e. The summed E-state index contributed by atoms with van der Waals surface area (Å²) in [4.78, 5) is 37.0. The van der Waals surface area contributed by atoms with Crippen molar-refractivity contribution in [2.45, 2.75) is 25.4 Å². The topological polar surface area (TPSA) is 132 Å². The van der Waals surface area contributed by atoms with Crippen molar-refractivity contribution in [1.29, 1.82) is 0 Å². The number of para-hydroxylation sites is 1. The van der Waals surface area contributed by atoms with Crippen LogP contribution in [0, 0.1) is 0 Å². The van der Waals surface area contributed by atoms with Gasteiger partial charge in [-0.1, -0.05) is 41.9 Å². The maximum Gasteiger partial charge on any atom is 0.323 e. The number of benzene rings is 2. The second-order valence-corrected chi connectivity index (χ2v) is 7.54. The summed E-state index contributed by atoms with van der Waals surface area (Å²) in [7, 11) is 0. The Labute approximate surface area is 184 Å².